The summed E-state index contributed by atoms with van der Waals surface area (Å²) in [4.78, 5) is 11.4. The second kappa shape index (κ2) is 8.40. The van der Waals surface area contributed by atoms with Crippen molar-refractivity contribution in [2.45, 2.75) is 49.3 Å². The van der Waals surface area contributed by atoms with Crippen molar-refractivity contribution in [3.05, 3.63) is 65.5 Å². The average Bonchev–Trinajstić information content (AvgIpc) is 2.63. The zero-order valence-electron chi connectivity index (χ0n) is 15.0. The summed E-state index contributed by atoms with van der Waals surface area (Å²) >= 11 is 3.47. The topological polar surface area (TPSA) is 55.8 Å². The predicted octanol–water partition coefficient (Wildman–Crippen LogP) is 4.17. The number of aryl methyl sites for hydroxylation is 1. The Hall–Kier alpha value is -1.92. The van der Waals surface area contributed by atoms with Crippen LogP contribution in [0.1, 0.15) is 30.9 Å². The predicted molar refractivity (Wildman–Crippen MR) is 103 cm³/mol. The molecule has 0 radical (unpaired) electrons. The third-order valence-electron chi connectivity index (χ3n) is 4.67. The second-order valence-electron chi connectivity index (χ2n) is 7.06. The molecule has 3 unspecified atom stereocenters. The number of aliphatic hydroxyl groups is 1. The van der Waals surface area contributed by atoms with Crippen molar-refractivity contribution in [1.82, 2.24) is 0 Å². The average molecular weight is 437 g/mol. The molecule has 1 N–H and O–H groups in total. The Labute approximate surface area is 166 Å². The van der Waals surface area contributed by atoms with Crippen LogP contribution in [0.15, 0.2) is 48.5 Å². The highest BCUT2D eigenvalue weighted by molar-refractivity contribution is 9.09. The molecular weight excluding hydrogens is 415 g/mol. The molecule has 6 heteroatoms. The molecule has 0 bridgehead atoms. The van der Waals surface area contributed by atoms with Crippen molar-refractivity contribution in [1.29, 1.82) is 0 Å². The van der Waals surface area contributed by atoms with Gasteiger partial charge in [-0.25, -0.2) is 4.39 Å². The van der Waals surface area contributed by atoms with E-state index in [1.165, 1.54) is 12.1 Å². The smallest absolute Gasteiger partial charge is 0.309 e. The van der Waals surface area contributed by atoms with E-state index in [4.69, 9.17) is 9.47 Å². The van der Waals surface area contributed by atoms with Gasteiger partial charge in [0.1, 0.15) is 24.3 Å². The van der Waals surface area contributed by atoms with Gasteiger partial charge in [-0.3, -0.25) is 4.79 Å². The maximum Gasteiger partial charge on any atom is 0.309 e. The molecule has 3 rings (SSSR count). The Balaban J connectivity index is 1.51. The first-order valence-corrected chi connectivity index (χ1v) is 9.77. The van der Waals surface area contributed by atoms with Crippen LogP contribution in [0.4, 0.5) is 4.39 Å². The minimum absolute atomic E-state index is 0.000488. The van der Waals surface area contributed by atoms with Gasteiger partial charge in [-0.1, -0.05) is 40.2 Å². The fourth-order valence-corrected chi connectivity index (χ4v) is 3.61. The number of rotatable bonds is 6. The van der Waals surface area contributed by atoms with Crippen LogP contribution in [-0.2, 0) is 22.6 Å². The summed E-state index contributed by atoms with van der Waals surface area (Å²) in [6.07, 6.45) is 0.970. The molecule has 0 aromatic heterocycles. The van der Waals surface area contributed by atoms with E-state index in [9.17, 15) is 14.3 Å². The summed E-state index contributed by atoms with van der Waals surface area (Å²) < 4.78 is 24.0. The highest BCUT2D eigenvalue weighted by Gasteiger charge is 2.44. The maximum atomic E-state index is 12.9. The van der Waals surface area contributed by atoms with Crippen molar-refractivity contribution >= 4 is 21.9 Å². The highest BCUT2D eigenvalue weighted by atomic mass is 79.9. The lowest BCUT2D eigenvalue weighted by molar-refractivity contribution is -0.166. The Morgan fingerprint density at radius 3 is 2.48 bits per heavy atom. The van der Waals surface area contributed by atoms with Crippen molar-refractivity contribution in [2.24, 2.45) is 0 Å². The Morgan fingerprint density at radius 1 is 1.19 bits per heavy atom. The summed E-state index contributed by atoms with van der Waals surface area (Å²) in [6, 6.07) is 13.9. The summed E-state index contributed by atoms with van der Waals surface area (Å²) in [5.41, 5.74) is 0.887. The van der Waals surface area contributed by atoms with Crippen molar-refractivity contribution < 1.29 is 23.8 Å². The van der Waals surface area contributed by atoms with Gasteiger partial charge in [0.05, 0.1) is 16.8 Å². The summed E-state index contributed by atoms with van der Waals surface area (Å²) in [7, 11) is 0. The minimum Gasteiger partial charge on any atom is -0.489 e. The summed E-state index contributed by atoms with van der Waals surface area (Å²) in [5, 5.41) is 10.3. The molecule has 0 amide bonds. The van der Waals surface area contributed by atoms with E-state index < -0.39 is 5.60 Å². The number of hydrogen-bond acceptors (Lipinski definition) is 4. The third kappa shape index (κ3) is 5.30. The summed E-state index contributed by atoms with van der Waals surface area (Å²) in [5.74, 6) is 0.0951. The molecule has 1 heterocycles. The van der Waals surface area contributed by atoms with Crippen molar-refractivity contribution in [3.8, 4) is 5.75 Å². The zero-order valence-corrected chi connectivity index (χ0v) is 16.6. The van der Waals surface area contributed by atoms with Gasteiger partial charge >= 0.3 is 5.97 Å². The van der Waals surface area contributed by atoms with E-state index in [0.717, 1.165) is 16.9 Å². The molecule has 2 aromatic rings. The van der Waals surface area contributed by atoms with Crippen LogP contribution < -0.4 is 4.74 Å². The molecule has 0 spiro atoms. The number of esters is 1. The SMILES string of the molecule is CC1(O)CC(=O)OC(CCc2ccc(OCc3ccc(F)cc3)cc2)C1Br. The van der Waals surface area contributed by atoms with Gasteiger partial charge < -0.3 is 14.6 Å². The zero-order chi connectivity index (χ0) is 19.4. The van der Waals surface area contributed by atoms with Gasteiger partial charge in [0.25, 0.3) is 0 Å². The normalized spacial score (nSPS) is 25.1. The molecule has 2 aromatic carbocycles. The fourth-order valence-electron chi connectivity index (χ4n) is 3.07. The van der Waals surface area contributed by atoms with Crippen LogP contribution in [0.25, 0.3) is 0 Å². The second-order valence-corrected chi connectivity index (χ2v) is 8.05. The number of alkyl halides is 1. The quantitative estimate of drug-likeness (QED) is 0.545. The Bertz CT molecular complexity index is 774. The molecule has 3 atom stereocenters. The molecule has 1 saturated heterocycles. The number of ether oxygens (including phenoxy) is 2. The largest absolute Gasteiger partial charge is 0.489 e. The molecule has 0 saturated carbocycles. The number of benzene rings is 2. The van der Waals surface area contributed by atoms with Crippen molar-refractivity contribution in [2.75, 3.05) is 0 Å². The molecule has 27 heavy (non-hydrogen) atoms. The molecule has 4 nitrogen and oxygen atoms in total. The van der Waals surface area contributed by atoms with Gasteiger partial charge in [0, 0.05) is 0 Å². The first-order chi connectivity index (χ1) is 12.8. The lowest BCUT2D eigenvalue weighted by atomic mass is 9.89. The fraction of sp³-hybridized carbons (Fsp3) is 0.381. The van der Waals surface area contributed by atoms with Crippen LogP contribution in [0, 0.1) is 5.82 Å². The number of carbonyl (C=O) groups is 1. The standard InChI is InChI=1S/C21H22BrFO4/c1-21(25)12-19(24)27-18(20(21)22)11-6-14-4-9-17(10-5-14)26-13-15-2-7-16(23)8-3-15/h2-5,7-10,18,20,25H,6,11-13H2,1H3. The third-order valence-corrected chi connectivity index (χ3v) is 6.24. The van der Waals surface area contributed by atoms with Gasteiger partial charge in [0.15, 0.2) is 0 Å². The van der Waals surface area contributed by atoms with Crippen LogP contribution in [0.5, 0.6) is 5.75 Å². The van der Waals surface area contributed by atoms with Gasteiger partial charge in [-0.15, -0.1) is 0 Å². The minimum atomic E-state index is -1.10. The molecule has 1 fully saturated rings. The maximum absolute atomic E-state index is 12.9. The molecule has 1 aliphatic heterocycles. The number of cyclic esters (lactones) is 1. The number of carbonyl (C=O) groups excluding carboxylic acids is 1. The van der Waals surface area contributed by atoms with E-state index >= 15 is 0 Å². The van der Waals surface area contributed by atoms with Gasteiger partial charge in [0.2, 0.25) is 0 Å². The van der Waals surface area contributed by atoms with Crippen LogP contribution in [0.2, 0.25) is 0 Å². The monoisotopic (exact) mass is 436 g/mol. The molecule has 0 aliphatic carbocycles. The lowest BCUT2D eigenvalue weighted by Crippen LogP contribution is -2.51. The summed E-state index contributed by atoms with van der Waals surface area (Å²) in [6.45, 7) is 2.02. The van der Waals surface area contributed by atoms with Gasteiger partial charge in [-0.05, 0) is 55.2 Å². The van der Waals surface area contributed by atoms with E-state index in [-0.39, 0.29) is 29.1 Å². The van der Waals surface area contributed by atoms with Crippen LogP contribution >= 0.6 is 15.9 Å². The van der Waals surface area contributed by atoms with E-state index in [2.05, 4.69) is 15.9 Å². The van der Waals surface area contributed by atoms with E-state index in [1.807, 2.05) is 24.3 Å². The van der Waals surface area contributed by atoms with Crippen molar-refractivity contribution in [3.63, 3.8) is 0 Å². The van der Waals surface area contributed by atoms with E-state index in [1.54, 1.807) is 19.1 Å². The molecule has 144 valence electrons. The van der Waals surface area contributed by atoms with Crippen LogP contribution in [-0.4, -0.2) is 27.6 Å². The lowest BCUT2D eigenvalue weighted by Gasteiger charge is -2.38. The first-order valence-electron chi connectivity index (χ1n) is 8.85. The highest BCUT2D eigenvalue weighted by Crippen LogP contribution is 2.33. The molecular formula is C21H22BrFO4. The molecule has 1 aliphatic rings. The van der Waals surface area contributed by atoms with E-state index in [0.29, 0.717) is 19.4 Å². The van der Waals surface area contributed by atoms with Gasteiger partial charge in [-0.2, -0.15) is 0 Å². The Kier molecular flexibility index (Phi) is 6.17. The van der Waals surface area contributed by atoms with Crippen LogP contribution in [0.3, 0.4) is 0 Å². The number of hydrogen-bond donors (Lipinski definition) is 1. The first kappa shape index (κ1) is 19.8. The Morgan fingerprint density at radius 2 is 1.81 bits per heavy atom. The number of halogens is 2.